The highest BCUT2D eigenvalue weighted by Gasteiger charge is 2.11. The zero-order valence-corrected chi connectivity index (χ0v) is 15.6. The van der Waals surface area contributed by atoms with Gasteiger partial charge in [-0.05, 0) is 30.0 Å². The van der Waals surface area contributed by atoms with Crippen LogP contribution in [-0.2, 0) is 24.2 Å². The second-order valence-corrected chi connectivity index (χ2v) is 7.14. The number of hydrogen-bond acceptors (Lipinski definition) is 2. The minimum atomic E-state index is 0.0758. The normalized spacial score (nSPS) is 11.2. The number of benzene rings is 2. The second-order valence-electron chi connectivity index (χ2n) is 7.14. The van der Waals surface area contributed by atoms with Gasteiger partial charge < -0.3 is 9.88 Å². The molecule has 3 aromatic rings. The molecule has 0 aliphatic carbocycles. The van der Waals surface area contributed by atoms with E-state index in [0.717, 1.165) is 36.3 Å². The molecule has 3 rings (SSSR count). The molecule has 0 radical (unpaired) electrons. The molecule has 0 aliphatic rings. The SMILES string of the molecule is CC(C)Cn1c(CCCNC(=O)Cc2ccccc2)nc2ccccc21. The van der Waals surface area contributed by atoms with Crippen molar-refractivity contribution in [1.29, 1.82) is 0 Å². The van der Waals surface area contributed by atoms with E-state index in [-0.39, 0.29) is 5.91 Å². The van der Waals surface area contributed by atoms with Crippen LogP contribution in [0.15, 0.2) is 54.6 Å². The predicted molar refractivity (Wildman–Crippen MR) is 106 cm³/mol. The van der Waals surface area contributed by atoms with Gasteiger partial charge in [-0.15, -0.1) is 0 Å². The number of amides is 1. The van der Waals surface area contributed by atoms with Gasteiger partial charge in [-0.1, -0.05) is 56.3 Å². The first-order valence-corrected chi connectivity index (χ1v) is 9.38. The van der Waals surface area contributed by atoms with Gasteiger partial charge in [0.25, 0.3) is 0 Å². The molecule has 1 amide bonds. The Morgan fingerprint density at radius 1 is 1.08 bits per heavy atom. The average Bonchev–Trinajstić information content (AvgIpc) is 2.97. The highest BCUT2D eigenvalue weighted by molar-refractivity contribution is 5.78. The first-order valence-electron chi connectivity index (χ1n) is 9.38. The highest BCUT2D eigenvalue weighted by Crippen LogP contribution is 2.18. The Balaban J connectivity index is 1.55. The largest absolute Gasteiger partial charge is 0.356 e. The number of hydrogen-bond donors (Lipinski definition) is 1. The molecule has 0 unspecified atom stereocenters. The van der Waals surface area contributed by atoms with E-state index in [4.69, 9.17) is 4.98 Å². The van der Waals surface area contributed by atoms with E-state index in [0.29, 0.717) is 18.9 Å². The molecule has 4 nitrogen and oxygen atoms in total. The smallest absolute Gasteiger partial charge is 0.224 e. The van der Waals surface area contributed by atoms with E-state index in [9.17, 15) is 4.79 Å². The van der Waals surface area contributed by atoms with Crippen LogP contribution < -0.4 is 5.32 Å². The summed E-state index contributed by atoms with van der Waals surface area (Å²) in [5, 5.41) is 3.02. The number of rotatable bonds is 8. The summed E-state index contributed by atoms with van der Waals surface area (Å²) < 4.78 is 2.33. The fraction of sp³-hybridized carbons (Fsp3) is 0.364. The van der Waals surface area contributed by atoms with Crippen LogP contribution in [0.5, 0.6) is 0 Å². The summed E-state index contributed by atoms with van der Waals surface area (Å²) in [6, 6.07) is 18.1. The third-order valence-corrected chi connectivity index (χ3v) is 4.39. The zero-order chi connectivity index (χ0) is 18.4. The summed E-state index contributed by atoms with van der Waals surface area (Å²) in [7, 11) is 0. The van der Waals surface area contributed by atoms with Crippen LogP contribution in [0.3, 0.4) is 0 Å². The molecule has 0 spiro atoms. The van der Waals surface area contributed by atoms with Gasteiger partial charge in [0.1, 0.15) is 5.82 Å². The fourth-order valence-electron chi connectivity index (χ4n) is 3.20. The number of imidazole rings is 1. The van der Waals surface area contributed by atoms with Crippen LogP contribution in [0.25, 0.3) is 11.0 Å². The van der Waals surface area contributed by atoms with Gasteiger partial charge in [-0.3, -0.25) is 4.79 Å². The molecular formula is C22H27N3O. The molecule has 0 saturated carbocycles. The van der Waals surface area contributed by atoms with Gasteiger partial charge in [0.15, 0.2) is 0 Å². The quantitative estimate of drug-likeness (QED) is 0.625. The van der Waals surface area contributed by atoms with Crippen molar-refractivity contribution in [2.24, 2.45) is 5.92 Å². The van der Waals surface area contributed by atoms with Crippen molar-refractivity contribution in [2.45, 2.75) is 39.7 Å². The number of para-hydroxylation sites is 2. The van der Waals surface area contributed by atoms with Crippen molar-refractivity contribution in [3.8, 4) is 0 Å². The van der Waals surface area contributed by atoms with Gasteiger partial charge in [0.05, 0.1) is 17.5 Å². The maximum absolute atomic E-state index is 12.0. The number of aryl methyl sites for hydroxylation is 1. The van der Waals surface area contributed by atoms with Crippen LogP contribution in [-0.4, -0.2) is 22.0 Å². The Bertz CT molecular complexity index is 852. The lowest BCUT2D eigenvalue weighted by Crippen LogP contribution is -2.26. The first kappa shape index (κ1) is 18.2. The van der Waals surface area contributed by atoms with Crippen LogP contribution >= 0.6 is 0 Å². The van der Waals surface area contributed by atoms with Crippen LogP contribution in [0.4, 0.5) is 0 Å². The Labute approximate surface area is 155 Å². The number of carbonyl (C=O) groups is 1. The van der Waals surface area contributed by atoms with E-state index in [1.54, 1.807) is 0 Å². The van der Waals surface area contributed by atoms with Crippen molar-refractivity contribution in [2.75, 3.05) is 6.54 Å². The summed E-state index contributed by atoms with van der Waals surface area (Å²) in [4.78, 5) is 16.8. The van der Waals surface area contributed by atoms with Crippen molar-refractivity contribution in [3.63, 3.8) is 0 Å². The molecule has 4 heteroatoms. The van der Waals surface area contributed by atoms with Crippen LogP contribution in [0.1, 0.15) is 31.7 Å². The molecule has 136 valence electrons. The summed E-state index contributed by atoms with van der Waals surface area (Å²) in [6.07, 6.45) is 2.20. The summed E-state index contributed by atoms with van der Waals surface area (Å²) in [6.45, 7) is 6.09. The van der Waals surface area contributed by atoms with E-state index in [2.05, 4.69) is 41.9 Å². The van der Waals surface area contributed by atoms with Crippen molar-refractivity contribution in [1.82, 2.24) is 14.9 Å². The minimum absolute atomic E-state index is 0.0758. The van der Waals surface area contributed by atoms with E-state index in [1.807, 2.05) is 36.4 Å². The summed E-state index contributed by atoms with van der Waals surface area (Å²) >= 11 is 0. The number of nitrogens with zero attached hydrogens (tertiary/aromatic N) is 2. The lowest BCUT2D eigenvalue weighted by molar-refractivity contribution is -0.120. The van der Waals surface area contributed by atoms with Crippen molar-refractivity contribution >= 4 is 16.9 Å². The van der Waals surface area contributed by atoms with Gasteiger partial charge in [0.2, 0.25) is 5.91 Å². The molecule has 0 bridgehead atoms. The standard InChI is InChI=1S/C22H27N3O/c1-17(2)16-25-20-12-7-6-11-19(20)24-21(25)13-8-14-23-22(26)15-18-9-4-3-5-10-18/h3-7,9-12,17H,8,13-16H2,1-2H3,(H,23,26). The Kier molecular flexibility index (Phi) is 6.05. The van der Waals surface area contributed by atoms with Crippen LogP contribution in [0, 0.1) is 5.92 Å². The van der Waals surface area contributed by atoms with Gasteiger partial charge in [-0.25, -0.2) is 4.98 Å². The van der Waals surface area contributed by atoms with E-state index in [1.165, 1.54) is 5.52 Å². The second kappa shape index (κ2) is 8.65. The molecule has 1 heterocycles. The molecule has 0 atom stereocenters. The molecule has 26 heavy (non-hydrogen) atoms. The lowest BCUT2D eigenvalue weighted by Gasteiger charge is -2.12. The maximum Gasteiger partial charge on any atom is 0.224 e. The van der Waals surface area contributed by atoms with Crippen molar-refractivity contribution < 1.29 is 4.79 Å². The zero-order valence-electron chi connectivity index (χ0n) is 15.6. The Morgan fingerprint density at radius 2 is 1.81 bits per heavy atom. The van der Waals surface area contributed by atoms with E-state index >= 15 is 0 Å². The number of fused-ring (bicyclic) bond motifs is 1. The number of carbonyl (C=O) groups excluding carboxylic acids is 1. The average molecular weight is 349 g/mol. The molecule has 1 N–H and O–H groups in total. The third-order valence-electron chi connectivity index (χ3n) is 4.39. The molecular weight excluding hydrogens is 322 g/mol. The van der Waals surface area contributed by atoms with E-state index < -0.39 is 0 Å². The van der Waals surface area contributed by atoms with Gasteiger partial charge in [0, 0.05) is 19.5 Å². The van der Waals surface area contributed by atoms with Crippen molar-refractivity contribution in [3.05, 3.63) is 66.0 Å². The van der Waals surface area contributed by atoms with Gasteiger partial charge >= 0.3 is 0 Å². The Morgan fingerprint density at radius 3 is 2.58 bits per heavy atom. The molecule has 0 saturated heterocycles. The fourth-order valence-corrected chi connectivity index (χ4v) is 3.20. The van der Waals surface area contributed by atoms with Crippen LogP contribution in [0.2, 0.25) is 0 Å². The molecule has 2 aromatic carbocycles. The van der Waals surface area contributed by atoms with Gasteiger partial charge in [-0.2, -0.15) is 0 Å². The summed E-state index contributed by atoms with van der Waals surface area (Å²) in [5.41, 5.74) is 3.30. The third kappa shape index (κ3) is 4.72. The lowest BCUT2D eigenvalue weighted by atomic mass is 10.1. The molecule has 0 fully saturated rings. The monoisotopic (exact) mass is 349 g/mol. The maximum atomic E-state index is 12.0. The summed E-state index contributed by atoms with van der Waals surface area (Å²) in [5.74, 6) is 1.75. The first-order chi connectivity index (χ1) is 12.6. The number of nitrogens with one attached hydrogen (secondary N) is 1. The highest BCUT2D eigenvalue weighted by atomic mass is 16.1. The number of aromatic nitrogens is 2. The predicted octanol–water partition coefficient (Wildman–Crippen LogP) is 3.98. The minimum Gasteiger partial charge on any atom is -0.356 e. The molecule has 1 aromatic heterocycles. The molecule has 0 aliphatic heterocycles. The topological polar surface area (TPSA) is 46.9 Å². The Hall–Kier alpha value is -2.62.